The van der Waals surface area contributed by atoms with E-state index in [1.165, 1.54) is 0 Å². The van der Waals surface area contributed by atoms with Gasteiger partial charge in [-0.05, 0) is 0 Å². The van der Waals surface area contributed by atoms with Crippen LogP contribution >= 0.6 is 0 Å². The molecule has 2 aromatic carbocycles. The molecule has 0 aromatic heterocycles. The Kier molecular flexibility index (Phi) is 3.24. The third-order valence-corrected chi connectivity index (χ3v) is 7.78. The van der Waals surface area contributed by atoms with Gasteiger partial charge in [-0.2, -0.15) is 0 Å². The van der Waals surface area contributed by atoms with Crippen molar-refractivity contribution in [1.82, 2.24) is 0 Å². The maximum atomic E-state index is 2.41. The summed E-state index contributed by atoms with van der Waals surface area (Å²) in [6.07, 6.45) is 0. The molecular weight excluding hydrogens is 284 g/mol. The van der Waals surface area contributed by atoms with Crippen molar-refractivity contribution in [3.8, 4) is 0 Å². The normalized spacial score (nSPS) is 10.4. The molecule has 0 fully saturated rings. The Balaban J connectivity index is 2.30. The van der Waals surface area contributed by atoms with Crippen LogP contribution in [0.3, 0.4) is 0 Å². The standard InChI is InChI=1S/C13H13Te/c1-14(12-8-4-2-5-9-12)13-10-6-3-7-11-13/h2-11H,1H3/q+1. The van der Waals surface area contributed by atoms with Gasteiger partial charge in [-0.1, -0.05) is 0 Å². The average molecular weight is 297 g/mol. The Morgan fingerprint density at radius 2 is 1.00 bits per heavy atom. The zero-order chi connectivity index (χ0) is 9.80. The van der Waals surface area contributed by atoms with Crippen LogP contribution in [0.25, 0.3) is 0 Å². The van der Waals surface area contributed by atoms with Gasteiger partial charge in [-0.15, -0.1) is 0 Å². The molecule has 0 saturated carbocycles. The number of hydrogen-bond donors (Lipinski definition) is 0. The topological polar surface area (TPSA) is 0 Å². The van der Waals surface area contributed by atoms with Crippen LogP contribution in [0.2, 0.25) is 4.97 Å². The van der Waals surface area contributed by atoms with E-state index >= 15 is 0 Å². The molecule has 0 nitrogen and oxygen atoms in total. The molecule has 0 heterocycles. The molecule has 70 valence electrons. The summed E-state index contributed by atoms with van der Waals surface area (Å²) in [5.74, 6) is 0. The van der Waals surface area contributed by atoms with Crippen molar-refractivity contribution < 1.29 is 0 Å². The molecule has 0 spiro atoms. The molecule has 0 N–H and O–H groups in total. The molecule has 0 aliphatic carbocycles. The fraction of sp³-hybridized carbons (Fsp3) is 0.0769. The van der Waals surface area contributed by atoms with Gasteiger partial charge in [-0.25, -0.2) is 0 Å². The van der Waals surface area contributed by atoms with E-state index < -0.39 is 19.6 Å². The molecule has 1 heteroatoms. The third kappa shape index (κ3) is 2.18. The maximum absolute atomic E-state index is 2.41. The van der Waals surface area contributed by atoms with E-state index in [0.717, 1.165) is 0 Å². The molecule has 2 rings (SSSR count). The van der Waals surface area contributed by atoms with E-state index in [4.69, 9.17) is 0 Å². The van der Waals surface area contributed by atoms with Crippen LogP contribution in [-0.2, 0) is 0 Å². The molecule has 0 bridgehead atoms. The van der Waals surface area contributed by atoms with Crippen LogP contribution in [0.15, 0.2) is 60.7 Å². The van der Waals surface area contributed by atoms with E-state index in [-0.39, 0.29) is 0 Å². The predicted molar refractivity (Wildman–Crippen MR) is 63.8 cm³/mol. The molecule has 0 aliphatic heterocycles. The summed E-state index contributed by atoms with van der Waals surface area (Å²) in [5, 5.41) is 0. The summed E-state index contributed by atoms with van der Waals surface area (Å²) >= 11 is -1.23. The van der Waals surface area contributed by atoms with Crippen LogP contribution in [0, 0.1) is 0 Å². The van der Waals surface area contributed by atoms with Crippen molar-refractivity contribution in [3.63, 3.8) is 0 Å². The van der Waals surface area contributed by atoms with Gasteiger partial charge >= 0.3 is 92.4 Å². The van der Waals surface area contributed by atoms with Crippen molar-refractivity contribution in [2.24, 2.45) is 0 Å². The first kappa shape index (κ1) is 9.77. The van der Waals surface area contributed by atoms with Gasteiger partial charge in [0.25, 0.3) is 0 Å². The van der Waals surface area contributed by atoms with Gasteiger partial charge in [0.05, 0.1) is 0 Å². The summed E-state index contributed by atoms with van der Waals surface area (Å²) in [4.78, 5) is 2.41. The first-order chi connectivity index (χ1) is 6.88. The fourth-order valence-corrected chi connectivity index (χ4v) is 5.39. The second-order valence-electron chi connectivity index (χ2n) is 3.14. The quantitative estimate of drug-likeness (QED) is 0.743. The summed E-state index contributed by atoms with van der Waals surface area (Å²) in [5.41, 5.74) is 0. The zero-order valence-corrected chi connectivity index (χ0v) is 10.5. The van der Waals surface area contributed by atoms with Crippen molar-refractivity contribution in [2.75, 3.05) is 0 Å². The summed E-state index contributed by atoms with van der Waals surface area (Å²) in [6, 6.07) is 21.7. The second-order valence-corrected chi connectivity index (χ2v) is 8.74. The van der Waals surface area contributed by atoms with Crippen LogP contribution < -0.4 is 7.22 Å². The number of benzene rings is 2. The van der Waals surface area contributed by atoms with Crippen molar-refractivity contribution >= 4 is 26.8 Å². The molecule has 0 unspecified atom stereocenters. The van der Waals surface area contributed by atoms with E-state index in [1.807, 2.05) is 0 Å². The monoisotopic (exact) mass is 299 g/mol. The second kappa shape index (κ2) is 4.64. The molecule has 0 amide bonds. The van der Waals surface area contributed by atoms with Gasteiger partial charge in [0.15, 0.2) is 0 Å². The third-order valence-electron chi connectivity index (χ3n) is 2.19. The van der Waals surface area contributed by atoms with Crippen molar-refractivity contribution in [3.05, 3.63) is 60.7 Å². The van der Waals surface area contributed by atoms with Crippen molar-refractivity contribution in [2.45, 2.75) is 4.97 Å². The van der Waals surface area contributed by atoms with Crippen molar-refractivity contribution in [1.29, 1.82) is 0 Å². The summed E-state index contributed by atoms with van der Waals surface area (Å²) in [7, 11) is 0. The Labute approximate surface area is 92.2 Å². The first-order valence-electron chi connectivity index (χ1n) is 4.64. The SMILES string of the molecule is C[Te+](c1ccccc1)c1ccccc1. The average Bonchev–Trinajstić information content (AvgIpc) is 2.30. The molecular formula is C13H13Te+. The van der Waals surface area contributed by atoms with E-state index in [9.17, 15) is 0 Å². The molecule has 14 heavy (non-hydrogen) atoms. The summed E-state index contributed by atoms with van der Waals surface area (Å²) in [6.45, 7) is 0. The molecule has 0 radical (unpaired) electrons. The van der Waals surface area contributed by atoms with Gasteiger partial charge < -0.3 is 0 Å². The molecule has 0 saturated heterocycles. The van der Waals surface area contributed by atoms with Gasteiger partial charge in [0.1, 0.15) is 0 Å². The number of rotatable bonds is 2. The van der Waals surface area contributed by atoms with Gasteiger partial charge in [-0.3, -0.25) is 0 Å². The fourth-order valence-electron chi connectivity index (χ4n) is 1.39. The predicted octanol–water partition coefficient (Wildman–Crippen LogP) is 1.93. The van der Waals surface area contributed by atoms with Gasteiger partial charge in [0.2, 0.25) is 0 Å². The minimum atomic E-state index is -1.23. The number of hydrogen-bond acceptors (Lipinski definition) is 0. The molecule has 0 aliphatic rings. The Morgan fingerprint density at radius 1 is 0.643 bits per heavy atom. The van der Waals surface area contributed by atoms with Gasteiger partial charge in [0, 0.05) is 0 Å². The zero-order valence-electron chi connectivity index (χ0n) is 8.18. The minimum absolute atomic E-state index is 1.23. The Hall–Kier alpha value is -0.770. The van der Waals surface area contributed by atoms with Crippen LogP contribution in [0.1, 0.15) is 0 Å². The summed E-state index contributed by atoms with van der Waals surface area (Å²) < 4.78 is 3.09. The first-order valence-corrected chi connectivity index (χ1v) is 9.30. The Bertz CT molecular complexity index is 341. The van der Waals surface area contributed by atoms with Crippen LogP contribution in [-0.4, -0.2) is 19.6 Å². The molecule has 0 atom stereocenters. The van der Waals surface area contributed by atoms with Crippen LogP contribution in [0.5, 0.6) is 0 Å². The van der Waals surface area contributed by atoms with E-state index in [0.29, 0.717) is 0 Å². The van der Waals surface area contributed by atoms with E-state index in [2.05, 4.69) is 65.6 Å². The Morgan fingerprint density at radius 3 is 1.36 bits per heavy atom. The molecule has 2 aromatic rings. The van der Waals surface area contributed by atoms with Crippen LogP contribution in [0.4, 0.5) is 0 Å². The van der Waals surface area contributed by atoms with E-state index in [1.54, 1.807) is 7.22 Å².